The molecule has 0 radical (unpaired) electrons. The van der Waals surface area contributed by atoms with Gasteiger partial charge in [0, 0.05) is 38.4 Å². The Balaban J connectivity index is 1.07. The van der Waals surface area contributed by atoms with Crippen molar-refractivity contribution < 1.29 is 4.79 Å². The number of hydrogen-bond donors (Lipinski definition) is 0. The molecule has 2 aliphatic rings. The summed E-state index contributed by atoms with van der Waals surface area (Å²) in [7, 11) is 0. The highest BCUT2D eigenvalue weighted by Gasteiger charge is 2.25. The Hall–Kier alpha value is -2.86. The van der Waals surface area contributed by atoms with Crippen LogP contribution in [0.25, 0.3) is 11.0 Å². The lowest BCUT2D eigenvalue weighted by Gasteiger charge is -2.38. The van der Waals surface area contributed by atoms with Gasteiger partial charge in [-0.1, -0.05) is 30.3 Å². The third-order valence-electron chi connectivity index (χ3n) is 6.80. The number of carbonyl (C=O) groups is 1. The average Bonchev–Trinajstić information content (AvgIpc) is 3.24. The quantitative estimate of drug-likeness (QED) is 0.640. The van der Waals surface area contributed by atoms with Gasteiger partial charge in [0.25, 0.3) is 0 Å². The number of imidazole rings is 1. The Morgan fingerprint density at radius 2 is 1.58 bits per heavy atom. The van der Waals surface area contributed by atoms with Crippen LogP contribution in [0.2, 0.25) is 0 Å². The zero-order valence-electron chi connectivity index (χ0n) is 18.1. The molecule has 0 aliphatic carbocycles. The van der Waals surface area contributed by atoms with Crippen LogP contribution in [-0.2, 0) is 11.3 Å². The van der Waals surface area contributed by atoms with E-state index in [1.807, 2.05) is 23.4 Å². The van der Waals surface area contributed by atoms with Gasteiger partial charge >= 0.3 is 0 Å². The minimum atomic E-state index is 0.284. The molecule has 2 aliphatic heterocycles. The number of nitrogens with zero attached hydrogens (tertiary/aromatic N) is 5. The van der Waals surface area contributed by atoms with Gasteiger partial charge in [-0.3, -0.25) is 9.69 Å². The standard InChI is InChI=1S/C25H31N5O/c31-25(29-16-14-28(15-17-29)22-6-2-1-3-7-22)19-27-12-10-21(11-13-27)18-30-20-26-23-8-4-5-9-24(23)30/h1-9,20-21H,10-19H2. The van der Waals surface area contributed by atoms with Crippen molar-refractivity contribution >= 4 is 22.6 Å². The first-order chi connectivity index (χ1) is 15.3. The number of benzene rings is 2. The predicted octanol–water partition coefficient (Wildman–Crippen LogP) is 3.10. The Bertz CT molecular complexity index is 1000. The average molecular weight is 418 g/mol. The maximum absolute atomic E-state index is 12.8. The van der Waals surface area contributed by atoms with E-state index >= 15 is 0 Å². The number of rotatable bonds is 5. The van der Waals surface area contributed by atoms with Crippen LogP contribution in [0.1, 0.15) is 12.8 Å². The van der Waals surface area contributed by atoms with Crippen LogP contribution in [0.3, 0.4) is 0 Å². The maximum atomic E-state index is 12.8. The third-order valence-corrected chi connectivity index (χ3v) is 6.80. The van der Waals surface area contributed by atoms with Crippen molar-refractivity contribution in [3.8, 4) is 0 Å². The molecule has 6 heteroatoms. The van der Waals surface area contributed by atoms with Crippen molar-refractivity contribution in [2.45, 2.75) is 19.4 Å². The summed E-state index contributed by atoms with van der Waals surface area (Å²) in [4.78, 5) is 24.1. The highest BCUT2D eigenvalue weighted by Crippen LogP contribution is 2.22. The molecule has 2 aromatic carbocycles. The molecule has 0 spiro atoms. The summed E-state index contributed by atoms with van der Waals surface area (Å²) in [5, 5.41) is 0. The normalized spacial score (nSPS) is 18.6. The number of fused-ring (bicyclic) bond motifs is 1. The zero-order valence-corrected chi connectivity index (χ0v) is 18.1. The fourth-order valence-electron chi connectivity index (χ4n) is 4.91. The summed E-state index contributed by atoms with van der Waals surface area (Å²) in [6.07, 6.45) is 4.25. The SMILES string of the molecule is O=C(CN1CCC(Cn2cnc3ccccc32)CC1)N1CCN(c2ccccc2)CC1. The second-order valence-corrected chi connectivity index (χ2v) is 8.81. The van der Waals surface area contributed by atoms with Gasteiger partial charge in [-0.15, -0.1) is 0 Å². The fraction of sp³-hybridized carbons (Fsp3) is 0.440. The topological polar surface area (TPSA) is 44.6 Å². The van der Waals surface area contributed by atoms with E-state index in [2.05, 4.69) is 61.8 Å². The lowest BCUT2D eigenvalue weighted by atomic mass is 9.96. The molecule has 1 aromatic heterocycles. The van der Waals surface area contributed by atoms with Crippen molar-refractivity contribution in [1.29, 1.82) is 0 Å². The number of aromatic nitrogens is 2. The summed E-state index contributed by atoms with van der Waals surface area (Å²) < 4.78 is 2.28. The molecule has 3 heterocycles. The van der Waals surface area contributed by atoms with Crippen LogP contribution in [0.5, 0.6) is 0 Å². The van der Waals surface area contributed by atoms with Crippen LogP contribution in [0, 0.1) is 5.92 Å². The van der Waals surface area contributed by atoms with E-state index in [0.717, 1.165) is 64.2 Å². The summed E-state index contributed by atoms with van der Waals surface area (Å²) in [5.41, 5.74) is 3.54. The van der Waals surface area contributed by atoms with Crippen LogP contribution >= 0.6 is 0 Å². The van der Waals surface area contributed by atoms with Crippen molar-refractivity contribution in [1.82, 2.24) is 19.4 Å². The van der Waals surface area contributed by atoms with Gasteiger partial charge in [-0.25, -0.2) is 4.98 Å². The van der Waals surface area contributed by atoms with Gasteiger partial charge < -0.3 is 14.4 Å². The molecule has 5 rings (SSSR count). The number of hydrogen-bond acceptors (Lipinski definition) is 4. The van der Waals surface area contributed by atoms with E-state index in [-0.39, 0.29) is 5.91 Å². The molecule has 0 atom stereocenters. The molecular formula is C25H31N5O. The second kappa shape index (κ2) is 9.10. The monoisotopic (exact) mass is 417 g/mol. The molecule has 6 nitrogen and oxygen atoms in total. The van der Waals surface area contributed by atoms with Gasteiger partial charge in [-0.05, 0) is 56.1 Å². The molecule has 31 heavy (non-hydrogen) atoms. The van der Waals surface area contributed by atoms with Crippen LogP contribution in [0.4, 0.5) is 5.69 Å². The van der Waals surface area contributed by atoms with Gasteiger partial charge in [0.2, 0.25) is 5.91 Å². The number of amides is 1. The summed E-state index contributed by atoms with van der Waals surface area (Å²) in [6.45, 7) is 7.05. The number of carbonyl (C=O) groups excluding carboxylic acids is 1. The first kappa shape index (κ1) is 20.1. The zero-order chi connectivity index (χ0) is 21.0. The smallest absolute Gasteiger partial charge is 0.236 e. The first-order valence-electron chi connectivity index (χ1n) is 11.5. The van der Waals surface area contributed by atoms with Crippen LogP contribution < -0.4 is 4.90 Å². The minimum absolute atomic E-state index is 0.284. The molecule has 0 unspecified atom stereocenters. The fourth-order valence-corrected chi connectivity index (χ4v) is 4.91. The molecule has 1 amide bonds. The summed E-state index contributed by atoms with van der Waals surface area (Å²) >= 11 is 0. The number of piperazine rings is 1. The Morgan fingerprint density at radius 1 is 0.871 bits per heavy atom. The van der Waals surface area contributed by atoms with Crippen molar-refractivity contribution in [3.05, 3.63) is 60.9 Å². The molecule has 2 saturated heterocycles. The van der Waals surface area contributed by atoms with E-state index in [1.54, 1.807) is 0 Å². The highest BCUT2D eigenvalue weighted by atomic mass is 16.2. The van der Waals surface area contributed by atoms with Gasteiger partial charge in [0.05, 0.1) is 23.9 Å². The maximum Gasteiger partial charge on any atom is 0.236 e. The van der Waals surface area contributed by atoms with Crippen LogP contribution in [0.15, 0.2) is 60.9 Å². The van der Waals surface area contributed by atoms with Gasteiger partial charge in [0.15, 0.2) is 0 Å². The predicted molar refractivity (Wildman–Crippen MR) is 124 cm³/mol. The van der Waals surface area contributed by atoms with E-state index < -0.39 is 0 Å². The van der Waals surface area contributed by atoms with E-state index in [0.29, 0.717) is 12.5 Å². The number of para-hydroxylation sites is 3. The van der Waals surface area contributed by atoms with E-state index in [1.165, 1.54) is 11.2 Å². The Labute approximate surface area is 184 Å². The Kier molecular flexibility index (Phi) is 5.89. The largest absolute Gasteiger partial charge is 0.368 e. The van der Waals surface area contributed by atoms with Crippen molar-refractivity contribution in [2.75, 3.05) is 50.7 Å². The molecule has 0 bridgehead atoms. The summed E-state index contributed by atoms with van der Waals surface area (Å²) in [5.74, 6) is 0.935. The van der Waals surface area contributed by atoms with Gasteiger partial charge in [-0.2, -0.15) is 0 Å². The molecular weight excluding hydrogens is 386 g/mol. The first-order valence-corrected chi connectivity index (χ1v) is 11.5. The molecule has 0 N–H and O–H groups in total. The Morgan fingerprint density at radius 3 is 2.35 bits per heavy atom. The lowest BCUT2D eigenvalue weighted by molar-refractivity contribution is -0.133. The number of anilines is 1. The number of piperidine rings is 1. The lowest BCUT2D eigenvalue weighted by Crippen LogP contribution is -2.52. The van der Waals surface area contributed by atoms with Crippen molar-refractivity contribution in [3.63, 3.8) is 0 Å². The third kappa shape index (κ3) is 4.59. The second-order valence-electron chi connectivity index (χ2n) is 8.81. The molecule has 162 valence electrons. The number of likely N-dealkylation sites (tertiary alicyclic amines) is 1. The molecule has 2 fully saturated rings. The highest BCUT2D eigenvalue weighted by molar-refractivity contribution is 5.78. The van der Waals surface area contributed by atoms with E-state index in [4.69, 9.17) is 0 Å². The summed E-state index contributed by atoms with van der Waals surface area (Å²) in [6, 6.07) is 18.8. The molecule has 3 aromatic rings. The minimum Gasteiger partial charge on any atom is -0.368 e. The van der Waals surface area contributed by atoms with Gasteiger partial charge in [0.1, 0.15) is 0 Å². The molecule has 0 saturated carbocycles. The van der Waals surface area contributed by atoms with E-state index in [9.17, 15) is 4.79 Å². The van der Waals surface area contributed by atoms with Crippen LogP contribution in [-0.4, -0.2) is 71.1 Å². The van der Waals surface area contributed by atoms with Crippen molar-refractivity contribution in [2.24, 2.45) is 5.92 Å².